The van der Waals surface area contributed by atoms with E-state index in [1.807, 2.05) is 18.2 Å². The summed E-state index contributed by atoms with van der Waals surface area (Å²) in [6, 6.07) is 8.16. The first-order valence-electron chi connectivity index (χ1n) is 7.23. The Labute approximate surface area is 128 Å². The maximum Gasteiger partial charge on any atom is 0.157 e. The second-order valence-electron chi connectivity index (χ2n) is 5.89. The van der Waals surface area contributed by atoms with E-state index in [9.17, 15) is 0 Å². The van der Waals surface area contributed by atoms with Crippen LogP contribution < -0.4 is 5.73 Å². The lowest BCUT2D eigenvalue weighted by molar-refractivity contribution is 0.535. The Morgan fingerprint density at radius 1 is 1.29 bits per heavy atom. The number of nitrogens with two attached hydrogens (primary N) is 1. The van der Waals surface area contributed by atoms with Gasteiger partial charge >= 0.3 is 0 Å². The maximum atomic E-state index is 6.05. The SMILES string of the molecule is CCc1c(-c2csc(C(C)(C)CN)n2)oc2ccccc12. The monoisotopic (exact) mass is 300 g/mol. The Hall–Kier alpha value is -1.65. The average Bonchev–Trinajstić information content (AvgIpc) is 3.11. The second-order valence-corrected chi connectivity index (χ2v) is 6.74. The molecular formula is C17H20N2OS. The van der Waals surface area contributed by atoms with Crippen LogP contribution in [0.2, 0.25) is 0 Å². The lowest BCUT2D eigenvalue weighted by atomic mass is 9.95. The highest BCUT2D eigenvalue weighted by atomic mass is 32.1. The molecule has 0 aliphatic heterocycles. The van der Waals surface area contributed by atoms with Crippen LogP contribution in [0.3, 0.4) is 0 Å². The molecular weight excluding hydrogens is 280 g/mol. The van der Waals surface area contributed by atoms with Crippen LogP contribution in [-0.4, -0.2) is 11.5 Å². The Bertz CT molecular complexity index is 770. The topological polar surface area (TPSA) is 52.0 Å². The van der Waals surface area contributed by atoms with Crippen molar-refractivity contribution in [2.75, 3.05) is 6.54 Å². The van der Waals surface area contributed by atoms with Crippen molar-refractivity contribution < 1.29 is 4.42 Å². The van der Waals surface area contributed by atoms with Gasteiger partial charge in [-0.05, 0) is 12.5 Å². The summed E-state index contributed by atoms with van der Waals surface area (Å²) in [5.74, 6) is 0.897. The summed E-state index contributed by atoms with van der Waals surface area (Å²) in [7, 11) is 0. The molecule has 0 saturated carbocycles. The number of fused-ring (bicyclic) bond motifs is 1. The van der Waals surface area contributed by atoms with Crippen molar-refractivity contribution in [3.63, 3.8) is 0 Å². The molecule has 0 fully saturated rings. The van der Waals surface area contributed by atoms with Crippen LogP contribution in [0.1, 0.15) is 31.3 Å². The standard InChI is InChI=1S/C17H20N2OS/c1-4-11-12-7-5-6-8-14(12)20-15(11)13-9-21-16(19-13)17(2,3)10-18/h5-9H,4,10,18H2,1-3H3. The van der Waals surface area contributed by atoms with E-state index < -0.39 is 0 Å². The van der Waals surface area contributed by atoms with Crippen molar-refractivity contribution in [1.29, 1.82) is 0 Å². The molecule has 1 aromatic carbocycles. The number of para-hydroxylation sites is 1. The first-order valence-corrected chi connectivity index (χ1v) is 8.11. The summed E-state index contributed by atoms with van der Waals surface area (Å²) >= 11 is 1.65. The van der Waals surface area contributed by atoms with Gasteiger partial charge in [-0.15, -0.1) is 11.3 Å². The fourth-order valence-corrected chi connectivity index (χ4v) is 3.37. The number of furan rings is 1. The minimum absolute atomic E-state index is 0.0959. The van der Waals surface area contributed by atoms with E-state index >= 15 is 0 Å². The molecule has 0 bridgehead atoms. The molecule has 0 unspecified atom stereocenters. The molecule has 0 saturated heterocycles. The number of hydrogen-bond donors (Lipinski definition) is 1. The first kappa shape index (κ1) is 14.3. The summed E-state index contributed by atoms with van der Waals surface area (Å²) in [5, 5.41) is 4.31. The lowest BCUT2D eigenvalue weighted by Crippen LogP contribution is -2.27. The number of aryl methyl sites for hydroxylation is 1. The van der Waals surface area contributed by atoms with E-state index in [-0.39, 0.29) is 5.41 Å². The van der Waals surface area contributed by atoms with Crippen LogP contribution in [-0.2, 0) is 11.8 Å². The molecule has 2 N–H and O–H groups in total. The minimum atomic E-state index is -0.0959. The molecule has 21 heavy (non-hydrogen) atoms. The van der Waals surface area contributed by atoms with E-state index in [0.717, 1.165) is 28.5 Å². The number of hydrogen-bond acceptors (Lipinski definition) is 4. The predicted octanol–water partition coefficient (Wildman–Crippen LogP) is 4.36. The third-order valence-electron chi connectivity index (χ3n) is 3.88. The zero-order valence-corrected chi connectivity index (χ0v) is 13.5. The fraction of sp³-hybridized carbons (Fsp3) is 0.353. The summed E-state index contributed by atoms with van der Waals surface area (Å²) in [6.45, 7) is 6.97. The van der Waals surface area contributed by atoms with Crippen molar-refractivity contribution >= 4 is 22.3 Å². The number of thiazole rings is 1. The van der Waals surface area contributed by atoms with Crippen molar-refractivity contribution in [2.45, 2.75) is 32.6 Å². The summed E-state index contributed by atoms with van der Waals surface area (Å²) in [6.07, 6.45) is 0.930. The number of aromatic nitrogens is 1. The molecule has 0 radical (unpaired) electrons. The molecule has 0 spiro atoms. The molecule has 2 aromatic heterocycles. The quantitative estimate of drug-likeness (QED) is 0.779. The van der Waals surface area contributed by atoms with Crippen molar-refractivity contribution in [3.8, 4) is 11.5 Å². The van der Waals surface area contributed by atoms with Crippen LogP contribution in [0.4, 0.5) is 0 Å². The third kappa shape index (κ3) is 2.39. The largest absolute Gasteiger partial charge is 0.454 e. The van der Waals surface area contributed by atoms with Gasteiger partial charge < -0.3 is 10.2 Å². The molecule has 3 nitrogen and oxygen atoms in total. The van der Waals surface area contributed by atoms with Crippen molar-refractivity contribution in [3.05, 3.63) is 40.2 Å². The van der Waals surface area contributed by atoms with E-state index in [2.05, 4.69) is 32.2 Å². The van der Waals surface area contributed by atoms with Gasteiger partial charge in [0.1, 0.15) is 16.3 Å². The molecule has 3 aromatic rings. The highest BCUT2D eigenvalue weighted by Gasteiger charge is 2.24. The molecule has 110 valence electrons. The van der Waals surface area contributed by atoms with E-state index in [4.69, 9.17) is 15.1 Å². The highest BCUT2D eigenvalue weighted by molar-refractivity contribution is 7.10. The Kier molecular flexibility index (Phi) is 3.59. The number of nitrogens with zero attached hydrogens (tertiary/aromatic N) is 1. The summed E-state index contributed by atoms with van der Waals surface area (Å²) in [4.78, 5) is 4.77. The lowest BCUT2D eigenvalue weighted by Gasteiger charge is -2.18. The molecule has 2 heterocycles. The van der Waals surface area contributed by atoms with E-state index in [1.165, 1.54) is 10.9 Å². The van der Waals surface area contributed by atoms with Crippen molar-refractivity contribution in [2.24, 2.45) is 5.73 Å². The molecule has 0 aliphatic carbocycles. The molecule has 4 heteroatoms. The van der Waals surface area contributed by atoms with Crippen LogP contribution >= 0.6 is 11.3 Å². The third-order valence-corrected chi connectivity index (χ3v) is 5.09. The maximum absolute atomic E-state index is 6.05. The van der Waals surface area contributed by atoms with Gasteiger partial charge in [-0.3, -0.25) is 0 Å². The normalized spacial score (nSPS) is 12.2. The van der Waals surface area contributed by atoms with Gasteiger partial charge in [0.25, 0.3) is 0 Å². The summed E-state index contributed by atoms with van der Waals surface area (Å²) in [5.41, 5.74) is 8.83. The molecule has 0 aliphatic rings. The van der Waals surface area contributed by atoms with Crippen LogP contribution in [0.15, 0.2) is 34.1 Å². The number of rotatable bonds is 4. The zero-order valence-electron chi connectivity index (χ0n) is 12.6. The van der Waals surface area contributed by atoms with E-state index in [1.54, 1.807) is 11.3 Å². The smallest absolute Gasteiger partial charge is 0.157 e. The van der Waals surface area contributed by atoms with Crippen LogP contribution in [0, 0.1) is 0 Å². The van der Waals surface area contributed by atoms with E-state index in [0.29, 0.717) is 6.54 Å². The predicted molar refractivity (Wildman–Crippen MR) is 88.8 cm³/mol. The Morgan fingerprint density at radius 2 is 2.05 bits per heavy atom. The fourth-order valence-electron chi connectivity index (χ4n) is 2.43. The second kappa shape index (κ2) is 5.28. The molecule has 0 amide bonds. The Morgan fingerprint density at radius 3 is 2.76 bits per heavy atom. The van der Waals surface area contributed by atoms with Gasteiger partial charge in [-0.25, -0.2) is 4.98 Å². The zero-order chi connectivity index (χ0) is 15.0. The van der Waals surface area contributed by atoms with Gasteiger partial charge in [0.2, 0.25) is 0 Å². The van der Waals surface area contributed by atoms with Crippen LogP contribution in [0.5, 0.6) is 0 Å². The van der Waals surface area contributed by atoms with Gasteiger partial charge in [0.15, 0.2) is 5.76 Å². The first-order chi connectivity index (χ1) is 10.1. The van der Waals surface area contributed by atoms with Gasteiger partial charge in [-0.2, -0.15) is 0 Å². The summed E-state index contributed by atoms with van der Waals surface area (Å²) < 4.78 is 6.05. The molecule has 3 rings (SSSR count). The van der Waals surface area contributed by atoms with Gasteiger partial charge in [0, 0.05) is 28.3 Å². The van der Waals surface area contributed by atoms with Crippen molar-refractivity contribution in [1.82, 2.24) is 4.98 Å². The number of benzene rings is 1. The van der Waals surface area contributed by atoms with Crippen LogP contribution in [0.25, 0.3) is 22.4 Å². The van der Waals surface area contributed by atoms with Gasteiger partial charge in [-0.1, -0.05) is 39.0 Å². The average molecular weight is 300 g/mol. The Balaban J connectivity index is 2.13. The molecule has 0 atom stereocenters. The minimum Gasteiger partial charge on any atom is -0.454 e. The highest BCUT2D eigenvalue weighted by Crippen LogP contribution is 2.36. The van der Waals surface area contributed by atoms with Gasteiger partial charge in [0.05, 0.1) is 0 Å².